The monoisotopic (exact) mass is 297 g/mol. The Balaban J connectivity index is 2.03. The number of carbonyl (C=O) groups is 1. The highest BCUT2D eigenvalue weighted by Crippen LogP contribution is 2.19. The molecule has 1 atom stereocenters. The van der Waals surface area contributed by atoms with Crippen LogP contribution >= 0.6 is 0 Å². The second-order valence-corrected chi connectivity index (χ2v) is 5.81. The van der Waals surface area contributed by atoms with Crippen LogP contribution in [0.25, 0.3) is 0 Å². The molecule has 0 aliphatic carbocycles. The van der Waals surface area contributed by atoms with Crippen LogP contribution in [0.3, 0.4) is 0 Å². The fourth-order valence-electron chi connectivity index (χ4n) is 2.11. The van der Waals surface area contributed by atoms with Gasteiger partial charge in [-0.2, -0.15) is 0 Å². The first-order valence-electron chi connectivity index (χ1n) is 7.62. The van der Waals surface area contributed by atoms with E-state index in [-0.39, 0.29) is 11.9 Å². The standard InChI is InChI=1S/C18H23N3O/c1-13(2)12-20-18(22)17-11-16(9-10-19-17)21-14(3)15-7-5-4-6-8-15/h4-11,13-14H,12H2,1-3H3,(H,19,21)(H,20,22). The molecule has 2 rings (SSSR count). The first kappa shape index (κ1) is 16.0. The molecule has 4 heteroatoms. The Morgan fingerprint density at radius 3 is 2.55 bits per heavy atom. The number of pyridine rings is 1. The zero-order valence-corrected chi connectivity index (χ0v) is 13.3. The van der Waals surface area contributed by atoms with Gasteiger partial charge >= 0.3 is 0 Å². The molecule has 1 aromatic heterocycles. The maximum absolute atomic E-state index is 12.1. The number of nitrogens with zero attached hydrogens (tertiary/aromatic N) is 1. The zero-order valence-electron chi connectivity index (χ0n) is 13.3. The van der Waals surface area contributed by atoms with Crippen LogP contribution in [0.15, 0.2) is 48.7 Å². The van der Waals surface area contributed by atoms with E-state index in [2.05, 4.69) is 48.5 Å². The van der Waals surface area contributed by atoms with Gasteiger partial charge in [0.15, 0.2) is 0 Å². The van der Waals surface area contributed by atoms with Crippen molar-refractivity contribution in [2.45, 2.75) is 26.8 Å². The minimum absolute atomic E-state index is 0.135. The van der Waals surface area contributed by atoms with Crippen LogP contribution in [0.5, 0.6) is 0 Å². The largest absolute Gasteiger partial charge is 0.378 e. The van der Waals surface area contributed by atoms with E-state index in [4.69, 9.17) is 0 Å². The molecule has 0 aliphatic rings. The molecule has 0 radical (unpaired) electrons. The Morgan fingerprint density at radius 1 is 1.14 bits per heavy atom. The molecule has 1 unspecified atom stereocenters. The first-order valence-corrected chi connectivity index (χ1v) is 7.62. The summed E-state index contributed by atoms with van der Waals surface area (Å²) in [6.07, 6.45) is 1.66. The third-order valence-electron chi connectivity index (χ3n) is 3.35. The fourth-order valence-corrected chi connectivity index (χ4v) is 2.11. The number of hydrogen-bond acceptors (Lipinski definition) is 3. The topological polar surface area (TPSA) is 54.0 Å². The number of rotatable bonds is 6. The molecule has 1 aromatic carbocycles. The average molecular weight is 297 g/mol. The Bertz CT molecular complexity index is 611. The molecule has 0 fully saturated rings. The lowest BCUT2D eigenvalue weighted by molar-refractivity contribution is 0.0944. The van der Waals surface area contributed by atoms with Crippen LogP contribution in [-0.2, 0) is 0 Å². The van der Waals surface area contributed by atoms with Gasteiger partial charge in [0, 0.05) is 24.5 Å². The molecule has 4 nitrogen and oxygen atoms in total. The smallest absolute Gasteiger partial charge is 0.269 e. The summed E-state index contributed by atoms with van der Waals surface area (Å²) in [5.41, 5.74) is 2.53. The van der Waals surface area contributed by atoms with Gasteiger partial charge in [-0.15, -0.1) is 0 Å². The third kappa shape index (κ3) is 4.58. The van der Waals surface area contributed by atoms with E-state index in [0.717, 1.165) is 5.69 Å². The third-order valence-corrected chi connectivity index (χ3v) is 3.35. The van der Waals surface area contributed by atoms with Crippen LogP contribution in [0.2, 0.25) is 0 Å². The maximum atomic E-state index is 12.1. The van der Waals surface area contributed by atoms with E-state index in [1.165, 1.54) is 5.56 Å². The molecule has 1 amide bonds. The van der Waals surface area contributed by atoms with Crippen LogP contribution in [0.4, 0.5) is 5.69 Å². The summed E-state index contributed by atoms with van der Waals surface area (Å²) in [7, 11) is 0. The predicted octanol–water partition coefficient (Wildman–Crippen LogP) is 3.64. The van der Waals surface area contributed by atoms with Crippen LogP contribution in [0.1, 0.15) is 42.9 Å². The maximum Gasteiger partial charge on any atom is 0.269 e. The van der Waals surface area contributed by atoms with E-state index < -0.39 is 0 Å². The molecule has 0 spiro atoms. The minimum Gasteiger partial charge on any atom is -0.378 e. The van der Waals surface area contributed by atoms with Gasteiger partial charge in [-0.25, -0.2) is 0 Å². The molecule has 22 heavy (non-hydrogen) atoms. The summed E-state index contributed by atoms with van der Waals surface area (Å²) in [6, 6.07) is 14.0. The van der Waals surface area contributed by atoms with Crippen LogP contribution < -0.4 is 10.6 Å². The van der Waals surface area contributed by atoms with E-state index in [1.54, 1.807) is 12.3 Å². The molecular weight excluding hydrogens is 274 g/mol. The lowest BCUT2D eigenvalue weighted by Gasteiger charge is -2.16. The van der Waals surface area contributed by atoms with Gasteiger partial charge in [0.25, 0.3) is 5.91 Å². The van der Waals surface area contributed by atoms with Gasteiger partial charge < -0.3 is 10.6 Å². The quantitative estimate of drug-likeness (QED) is 0.856. The number of benzene rings is 1. The zero-order chi connectivity index (χ0) is 15.9. The number of carbonyl (C=O) groups excluding carboxylic acids is 1. The lowest BCUT2D eigenvalue weighted by atomic mass is 10.1. The Labute approximate surface area is 132 Å². The molecule has 0 aliphatic heterocycles. The van der Waals surface area contributed by atoms with Gasteiger partial charge in [0.1, 0.15) is 5.69 Å². The Hall–Kier alpha value is -2.36. The van der Waals surface area contributed by atoms with Gasteiger partial charge in [-0.1, -0.05) is 44.2 Å². The normalized spacial score (nSPS) is 12.0. The summed E-state index contributed by atoms with van der Waals surface area (Å²) in [4.78, 5) is 16.2. The Kier molecular flexibility index (Phi) is 5.53. The fraction of sp³-hybridized carbons (Fsp3) is 0.333. The molecule has 0 bridgehead atoms. The number of hydrogen-bond donors (Lipinski definition) is 2. The molecule has 2 aromatic rings. The predicted molar refractivity (Wildman–Crippen MR) is 89.9 cm³/mol. The molecule has 0 saturated heterocycles. The SMILES string of the molecule is CC(C)CNC(=O)c1cc(NC(C)c2ccccc2)ccn1. The second-order valence-electron chi connectivity index (χ2n) is 5.81. The van der Waals surface area contributed by atoms with Crippen LogP contribution in [-0.4, -0.2) is 17.4 Å². The summed E-state index contributed by atoms with van der Waals surface area (Å²) < 4.78 is 0. The molecular formula is C18H23N3O. The van der Waals surface area contributed by atoms with Gasteiger partial charge in [-0.3, -0.25) is 9.78 Å². The van der Waals surface area contributed by atoms with E-state index in [0.29, 0.717) is 18.2 Å². The van der Waals surface area contributed by atoms with Crippen molar-refractivity contribution in [1.29, 1.82) is 0 Å². The summed E-state index contributed by atoms with van der Waals surface area (Å²) in [5, 5.41) is 6.28. The summed E-state index contributed by atoms with van der Waals surface area (Å²) in [6.45, 7) is 6.87. The number of anilines is 1. The highest BCUT2D eigenvalue weighted by molar-refractivity contribution is 5.93. The summed E-state index contributed by atoms with van der Waals surface area (Å²) in [5.74, 6) is 0.285. The Morgan fingerprint density at radius 2 is 1.86 bits per heavy atom. The van der Waals surface area contributed by atoms with E-state index in [9.17, 15) is 4.79 Å². The van der Waals surface area contributed by atoms with Crippen molar-refractivity contribution in [3.05, 3.63) is 59.9 Å². The molecule has 2 N–H and O–H groups in total. The van der Waals surface area contributed by atoms with Crippen molar-refractivity contribution in [3.63, 3.8) is 0 Å². The van der Waals surface area contributed by atoms with Gasteiger partial charge in [0.2, 0.25) is 0 Å². The van der Waals surface area contributed by atoms with Crippen molar-refractivity contribution in [3.8, 4) is 0 Å². The van der Waals surface area contributed by atoms with Crippen LogP contribution in [0, 0.1) is 5.92 Å². The van der Waals surface area contributed by atoms with Crippen molar-refractivity contribution >= 4 is 11.6 Å². The van der Waals surface area contributed by atoms with Gasteiger partial charge in [-0.05, 0) is 30.5 Å². The van der Waals surface area contributed by atoms with Crippen molar-refractivity contribution in [2.24, 2.45) is 5.92 Å². The second kappa shape index (κ2) is 7.59. The average Bonchev–Trinajstić information content (AvgIpc) is 2.53. The van der Waals surface area contributed by atoms with E-state index in [1.807, 2.05) is 24.3 Å². The number of aromatic nitrogens is 1. The van der Waals surface area contributed by atoms with E-state index >= 15 is 0 Å². The molecule has 116 valence electrons. The molecule has 1 heterocycles. The summed E-state index contributed by atoms with van der Waals surface area (Å²) >= 11 is 0. The highest BCUT2D eigenvalue weighted by Gasteiger charge is 2.10. The van der Waals surface area contributed by atoms with Gasteiger partial charge in [0.05, 0.1) is 0 Å². The number of nitrogens with one attached hydrogen (secondary N) is 2. The lowest BCUT2D eigenvalue weighted by Crippen LogP contribution is -2.28. The first-order chi connectivity index (χ1) is 10.6. The van der Waals surface area contributed by atoms with Crippen molar-refractivity contribution in [1.82, 2.24) is 10.3 Å². The highest BCUT2D eigenvalue weighted by atomic mass is 16.1. The molecule has 0 saturated carbocycles. The van der Waals surface area contributed by atoms with Crippen molar-refractivity contribution < 1.29 is 4.79 Å². The number of amides is 1. The van der Waals surface area contributed by atoms with Crippen molar-refractivity contribution in [2.75, 3.05) is 11.9 Å². The minimum atomic E-state index is -0.135.